The number of hydrogen-bond donors (Lipinski definition) is 0. The molecule has 1 heterocycles. The van der Waals surface area contributed by atoms with Crippen molar-refractivity contribution < 1.29 is 26.4 Å². The maximum atomic E-state index is 13.6. The average Bonchev–Trinajstić information content (AvgIpc) is 2.52. The third-order valence-corrected chi connectivity index (χ3v) is 7.33. The maximum absolute atomic E-state index is 13.6. The second kappa shape index (κ2) is 7.54. The molecule has 0 radical (unpaired) electrons. The summed E-state index contributed by atoms with van der Waals surface area (Å²) in [7, 11) is -6.68. The van der Waals surface area contributed by atoms with E-state index in [0.717, 1.165) is 12.5 Å². The summed E-state index contributed by atoms with van der Waals surface area (Å²) in [5, 5.41) is 0. The lowest BCUT2D eigenvalue weighted by atomic mass is 9.61. The molecule has 0 N–H and O–H groups in total. The normalized spacial score (nSPS) is 22.1. The van der Waals surface area contributed by atoms with Gasteiger partial charge in [0, 0.05) is 12.5 Å². The van der Waals surface area contributed by atoms with Crippen LogP contribution in [0.1, 0.15) is 49.9 Å². The smallest absolute Gasteiger partial charge is 0.176 e. The van der Waals surface area contributed by atoms with Crippen LogP contribution in [0.3, 0.4) is 0 Å². The van der Waals surface area contributed by atoms with Crippen molar-refractivity contribution in [1.82, 2.24) is 0 Å². The van der Waals surface area contributed by atoms with Crippen LogP contribution in [0.2, 0.25) is 0 Å². The quantitative estimate of drug-likeness (QED) is 0.647. The van der Waals surface area contributed by atoms with E-state index in [2.05, 4.69) is 0 Å². The molecule has 8 heteroatoms. The van der Waals surface area contributed by atoms with E-state index in [1.165, 1.54) is 0 Å². The van der Waals surface area contributed by atoms with E-state index in [1.54, 1.807) is 31.2 Å². The number of benzene rings is 1. The van der Waals surface area contributed by atoms with Crippen LogP contribution < -0.4 is 4.74 Å². The molecule has 27 heavy (non-hydrogen) atoms. The Labute approximate surface area is 162 Å². The van der Waals surface area contributed by atoms with Crippen LogP contribution in [-0.4, -0.2) is 52.2 Å². The first-order valence-electron chi connectivity index (χ1n) is 9.02. The molecule has 0 bridgehead atoms. The zero-order valence-electron chi connectivity index (χ0n) is 16.3. The van der Waals surface area contributed by atoms with Gasteiger partial charge in [0.05, 0.1) is 22.5 Å². The van der Waals surface area contributed by atoms with Gasteiger partial charge in [0.15, 0.2) is 5.78 Å². The van der Waals surface area contributed by atoms with E-state index in [0.29, 0.717) is 24.2 Å². The topological polar surface area (TPSA) is 94.6 Å². The highest BCUT2D eigenvalue weighted by molar-refractivity contribution is 7.90. The molecule has 152 valence electrons. The Bertz CT molecular complexity index is 881. The molecule has 0 spiro atoms. The fraction of sp³-hybridized carbons (Fsp3) is 0.632. The highest BCUT2D eigenvalue weighted by atomic mass is 32.2. The Morgan fingerprint density at radius 2 is 1.44 bits per heavy atom. The third-order valence-electron chi connectivity index (χ3n) is 5.44. The number of fused-ring (bicyclic) bond motifs is 1. The van der Waals surface area contributed by atoms with Gasteiger partial charge in [-0.1, -0.05) is 25.5 Å². The summed E-state index contributed by atoms with van der Waals surface area (Å²) in [6.07, 6.45) is 3.54. The number of sulfone groups is 2. The minimum atomic E-state index is -3.34. The summed E-state index contributed by atoms with van der Waals surface area (Å²) in [5.74, 6) is -0.166. The van der Waals surface area contributed by atoms with Crippen molar-refractivity contribution in [3.63, 3.8) is 0 Å². The summed E-state index contributed by atoms with van der Waals surface area (Å²) in [6, 6.07) is 6.87. The van der Waals surface area contributed by atoms with Gasteiger partial charge in [-0.2, -0.15) is 0 Å². The van der Waals surface area contributed by atoms with E-state index in [1.807, 2.05) is 6.92 Å². The van der Waals surface area contributed by atoms with Gasteiger partial charge in [0.2, 0.25) is 0 Å². The number of ketones is 1. The summed E-state index contributed by atoms with van der Waals surface area (Å²) >= 11 is 0. The molecular weight excluding hydrogens is 388 g/mol. The monoisotopic (exact) mass is 416 g/mol. The van der Waals surface area contributed by atoms with Gasteiger partial charge in [-0.15, -0.1) is 0 Å². The van der Waals surface area contributed by atoms with Gasteiger partial charge >= 0.3 is 0 Å². The molecule has 2 rings (SSSR count). The third kappa shape index (κ3) is 4.71. The zero-order chi connectivity index (χ0) is 20.5. The van der Waals surface area contributed by atoms with Crippen molar-refractivity contribution in [3.05, 3.63) is 29.8 Å². The van der Waals surface area contributed by atoms with E-state index in [4.69, 9.17) is 4.74 Å². The van der Waals surface area contributed by atoms with Crippen LogP contribution in [-0.2, 0) is 19.7 Å². The first kappa shape index (κ1) is 21.9. The van der Waals surface area contributed by atoms with Crippen molar-refractivity contribution in [2.45, 2.75) is 45.1 Å². The second-order valence-electron chi connectivity index (χ2n) is 7.75. The van der Waals surface area contributed by atoms with E-state index in [-0.39, 0.29) is 30.1 Å². The number of ether oxygens (including phenoxy) is 1. The van der Waals surface area contributed by atoms with Gasteiger partial charge < -0.3 is 4.74 Å². The van der Waals surface area contributed by atoms with Gasteiger partial charge in [-0.05, 0) is 38.3 Å². The lowest BCUT2D eigenvalue weighted by Crippen LogP contribution is -2.59. The first-order chi connectivity index (χ1) is 12.3. The predicted octanol–water partition coefficient (Wildman–Crippen LogP) is 2.68. The van der Waals surface area contributed by atoms with E-state index < -0.39 is 30.7 Å². The molecule has 0 aliphatic carbocycles. The molecule has 1 atom stereocenters. The minimum Gasteiger partial charge on any atom is -0.486 e. The van der Waals surface area contributed by atoms with Crippen molar-refractivity contribution in [1.29, 1.82) is 0 Å². The molecule has 1 aromatic carbocycles. The van der Waals surface area contributed by atoms with Crippen molar-refractivity contribution in [2.24, 2.45) is 5.41 Å². The number of para-hydroxylation sites is 1. The largest absolute Gasteiger partial charge is 0.486 e. The molecule has 1 aliphatic heterocycles. The van der Waals surface area contributed by atoms with Crippen molar-refractivity contribution in [3.8, 4) is 5.75 Å². The zero-order valence-corrected chi connectivity index (χ0v) is 18.0. The Morgan fingerprint density at radius 3 is 1.93 bits per heavy atom. The van der Waals surface area contributed by atoms with Crippen LogP contribution in [0, 0.1) is 5.41 Å². The number of carbonyl (C=O) groups is 1. The maximum Gasteiger partial charge on any atom is 0.176 e. The Morgan fingerprint density at radius 1 is 0.926 bits per heavy atom. The summed E-state index contributed by atoms with van der Waals surface area (Å²) < 4.78 is 53.7. The number of hydrogen-bond acceptors (Lipinski definition) is 6. The van der Waals surface area contributed by atoms with E-state index in [9.17, 15) is 21.6 Å². The number of carbonyl (C=O) groups excluding carboxylic acids is 1. The van der Waals surface area contributed by atoms with Crippen molar-refractivity contribution in [2.75, 3.05) is 24.0 Å². The molecule has 1 unspecified atom stereocenters. The van der Waals surface area contributed by atoms with Crippen molar-refractivity contribution >= 4 is 25.5 Å². The van der Waals surface area contributed by atoms with Gasteiger partial charge in [0.25, 0.3) is 0 Å². The summed E-state index contributed by atoms with van der Waals surface area (Å²) in [5.41, 5.74) is -1.82. The average molecular weight is 417 g/mol. The number of Topliss-reactive ketones (excluding diaryl/α,β-unsaturated/α-hetero) is 1. The second-order valence-corrected chi connectivity index (χ2v) is 12.3. The minimum absolute atomic E-state index is 0.0328. The van der Waals surface area contributed by atoms with Gasteiger partial charge in [-0.25, -0.2) is 16.8 Å². The molecule has 1 aromatic rings. The van der Waals surface area contributed by atoms with Gasteiger partial charge in [-0.3, -0.25) is 4.79 Å². The fourth-order valence-electron chi connectivity index (χ4n) is 3.95. The first-order valence-corrected chi connectivity index (χ1v) is 13.1. The van der Waals surface area contributed by atoms with Crippen LogP contribution in [0.15, 0.2) is 24.3 Å². The standard InChI is InChI=1S/C19H28O6S2/c1-5-10-18(2)19(11-13-26(3,21)22,12-14-27(4,23)24)17(20)15-8-6-7-9-16(15)25-18/h6-9H,5,10-14H2,1-4H3. The Hall–Kier alpha value is -1.41. The Balaban J connectivity index is 2.64. The lowest BCUT2D eigenvalue weighted by Gasteiger charge is -2.51. The summed E-state index contributed by atoms with van der Waals surface area (Å²) in [4.78, 5) is 13.6. The molecule has 0 amide bonds. The fourth-order valence-corrected chi connectivity index (χ4v) is 5.39. The van der Waals surface area contributed by atoms with Crippen LogP contribution in [0.25, 0.3) is 0 Å². The van der Waals surface area contributed by atoms with Gasteiger partial charge in [0.1, 0.15) is 31.0 Å². The molecule has 1 aliphatic rings. The highest BCUT2D eigenvalue weighted by Gasteiger charge is 2.58. The van der Waals surface area contributed by atoms with Crippen LogP contribution in [0.4, 0.5) is 0 Å². The Kier molecular flexibility index (Phi) is 6.11. The lowest BCUT2D eigenvalue weighted by molar-refractivity contribution is -0.0511. The SMILES string of the molecule is CCCC1(C)Oc2ccccc2C(=O)C1(CCS(C)(=O)=O)CCS(C)(=O)=O. The molecule has 0 aromatic heterocycles. The number of rotatable bonds is 8. The predicted molar refractivity (Wildman–Crippen MR) is 106 cm³/mol. The molecule has 0 saturated carbocycles. The van der Waals surface area contributed by atoms with Crippen LogP contribution >= 0.6 is 0 Å². The molecule has 0 fully saturated rings. The molecular formula is C19H28O6S2. The van der Waals surface area contributed by atoms with E-state index >= 15 is 0 Å². The highest BCUT2D eigenvalue weighted by Crippen LogP contribution is 2.52. The molecule has 0 saturated heterocycles. The molecule has 6 nitrogen and oxygen atoms in total. The summed E-state index contributed by atoms with van der Waals surface area (Å²) in [6.45, 7) is 3.76. The van der Waals surface area contributed by atoms with Crippen LogP contribution in [0.5, 0.6) is 5.75 Å².